The molecule has 0 heterocycles. The van der Waals surface area contributed by atoms with Gasteiger partial charge in [0.1, 0.15) is 0 Å². The van der Waals surface area contributed by atoms with E-state index in [-0.39, 0.29) is 12.0 Å². The molecule has 0 aromatic rings. The van der Waals surface area contributed by atoms with E-state index in [2.05, 4.69) is 5.32 Å². The first kappa shape index (κ1) is 14.6. The molecule has 3 N–H and O–H groups in total. The third-order valence-corrected chi connectivity index (χ3v) is 2.85. The van der Waals surface area contributed by atoms with Crippen molar-refractivity contribution in [3.63, 3.8) is 0 Å². The molecule has 0 aromatic carbocycles. The molecule has 0 aliphatic rings. The van der Waals surface area contributed by atoms with Crippen molar-refractivity contribution in [2.75, 3.05) is 13.2 Å². The molecule has 0 atom stereocenters. The smallest absolute Gasteiger partial charge is 0.328 e. The van der Waals surface area contributed by atoms with Crippen molar-refractivity contribution in [1.82, 2.24) is 5.32 Å². The van der Waals surface area contributed by atoms with E-state index in [9.17, 15) is 14.7 Å². The van der Waals surface area contributed by atoms with Gasteiger partial charge in [-0.05, 0) is 12.8 Å². The van der Waals surface area contributed by atoms with Gasteiger partial charge in [-0.2, -0.15) is 0 Å². The SMILES string of the molecule is CCC(CC)(CO)CNC(=O)/C=C/C(=O)O. The van der Waals surface area contributed by atoms with Gasteiger partial charge in [-0.25, -0.2) is 4.79 Å². The molecule has 0 fully saturated rings. The normalized spacial score (nSPS) is 11.7. The molecule has 5 heteroatoms. The van der Waals surface area contributed by atoms with E-state index in [1.54, 1.807) is 0 Å². The van der Waals surface area contributed by atoms with E-state index in [1.165, 1.54) is 0 Å². The zero-order chi connectivity index (χ0) is 12.6. The Bertz CT molecular complexity index is 261. The summed E-state index contributed by atoms with van der Waals surface area (Å²) in [5.74, 6) is -1.61. The molecule has 92 valence electrons. The van der Waals surface area contributed by atoms with Gasteiger partial charge in [0.05, 0.1) is 6.61 Å². The zero-order valence-corrected chi connectivity index (χ0v) is 9.69. The fourth-order valence-corrected chi connectivity index (χ4v) is 1.26. The van der Waals surface area contributed by atoms with Gasteiger partial charge in [0.25, 0.3) is 0 Å². The van der Waals surface area contributed by atoms with E-state index < -0.39 is 11.9 Å². The molecule has 16 heavy (non-hydrogen) atoms. The Kier molecular flexibility index (Phi) is 6.41. The first-order valence-corrected chi connectivity index (χ1v) is 5.29. The number of aliphatic hydroxyl groups excluding tert-OH is 1. The number of hydrogen-bond acceptors (Lipinski definition) is 3. The second-order valence-electron chi connectivity index (χ2n) is 3.75. The first-order valence-electron chi connectivity index (χ1n) is 5.29. The Balaban J connectivity index is 4.21. The maximum atomic E-state index is 11.2. The number of carbonyl (C=O) groups is 2. The molecular weight excluding hydrogens is 210 g/mol. The summed E-state index contributed by atoms with van der Waals surface area (Å²) < 4.78 is 0. The Labute approximate surface area is 95.2 Å². The number of aliphatic carboxylic acids is 1. The van der Waals surface area contributed by atoms with Crippen LogP contribution in [0.1, 0.15) is 26.7 Å². The number of amides is 1. The fourth-order valence-electron chi connectivity index (χ4n) is 1.26. The minimum atomic E-state index is -1.16. The van der Waals surface area contributed by atoms with Gasteiger partial charge >= 0.3 is 5.97 Å². The lowest BCUT2D eigenvalue weighted by atomic mass is 9.83. The summed E-state index contributed by atoms with van der Waals surface area (Å²) in [6, 6.07) is 0. The number of hydrogen-bond donors (Lipinski definition) is 3. The Morgan fingerprint density at radius 3 is 2.19 bits per heavy atom. The predicted octanol–water partition coefficient (Wildman–Crippen LogP) is 0.542. The molecular formula is C11H19NO4. The Morgan fingerprint density at radius 2 is 1.81 bits per heavy atom. The first-order chi connectivity index (χ1) is 7.49. The molecule has 5 nitrogen and oxygen atoms in total. The number of carboxylic acid groups (broad SMARTS) is 1. The maximum Gasteiger partial charge on any atom is 0.328 e. The summed E-state index contributed by atoms with van der Waals surface area (Å²) in [5.41, 5.74) is -0.313. The molecule has 0 saturated carbocycles. The zero-order valence-electron chi connectivity index (χ0n) is 9.69. The molecule has 0 bridgehead atoms. The summed E-state index contributed by atoms with van der Waals surface area (Å²) in [7, 11) is 0. The highest BCUT2D eigenvalue weighted by molar-refractivity contribution is 5.93. The molecule has 0 saturated heterocycles. The van der Waals surface area contributed by atoms with Crippen LogP contribution in [0.5, 0.6) is 0 Å². The van der Waals surface area contributed by atoms with Crippen LogP contribution in [0.3, 0.4) is 0 Å². The number of aliphatic hydroxyl groups is 1. The number of nitrogens with one attached hydrogen (secondary N) is 1. The van der Waals surface area contributed by atoms with Crippen LogP contribution in [0.25, 0.3) is 0 Å². The predicted molar refractivity (Wildman–Crippen MR) is 59.9 cm³/mol. The second kappa shape index (κ2) is 7.00. The third-order valence-electron chi connectivity index (χ3n) is 2.85. The van der Waals surface area contributed by atoms with E-state index in [0.29, 0.717) is 6.54 Å². The summed E-state index contributed by atoms with van der Waals surface area (Å²) in [6.07, 6.45) is 3.26. The van der Waals surface area contributed by atoms with Crippen LogP contribution in [-0.2, 0) is 9.59 Å². The third kappa shape index (κ3) is 4.93. The number of rotatable bonds is 7. The average molecular weight is 229 g/mol. The van der Waals surface area contributed by atoms with Gasteiger partial charge in [-0.3, -0.25) is 4.79 Å². The van der Waals surface area contributed by atoms with Crippen LogP contribution < -0.4 is 5.32 Å². The van der Waals surface area contributed by atoms with Crippen molar-refractivity contribution < 1.29 is 19.8 Å². The minimum Gasteiger partial charge on any atom is -0.478 e. The largest absolute Gasteiger partial charge is 0.478 e. The van der Waals surface area contributed by atoms with Crippen molar-refractivity contribution in [2.45, 2.75) is 26.7 Å². The van der Waals surface area contributed by atoms with Gasteiger partial charge in [-0.1, -0.05) is 13.8 Å². The monoisotopic (exact) mass is 229 g/mol. The van der Waals surface area contributed by atoms with Crippen LogP contribution in [-0.4, -0.2) is 35.2 Å². The van der Waals surface area contributed by atoms with Crippen molar-refractivity contribution in [3.8, 4) is 0 Å². The Morgan fingerprint density at radius 1 is 1.25 bits per heavy atom. The van der Waals surface area contributed by atoms with Crippen LogP contribution in [0.15, 0.2) is 12.2 Å². The average Bonchev–Trinajstić information content (AvgIpc) is 2.29. The minimum absolute atomic E-state index is 0.00290. The summed E-state index contributed by atoms with van der Waals surface area (Å²) in [5, 5.41) is 20.1. The molecule has 0 unspecified atom stereocenters. The van der Waals surface area contributed by atoms with Crippen LogP contribution >= 0.6 is 0 Å². The van der Waals surface area contributed by atoms with Crippen molar-refractivity contribution in [2.24, 2.45) is 5.41 Å². The summed E-state index contributed by atoms with van der Waals surface area (Å²) >= 11 is 0. The van der Waals surface area contributed by atoms with Crippen LogP contribution in [0.2, 0.25) is 0 Å². The van der Waals surface area contributed by atoms with E-state index in [0.717, 1.165) is 25.0 Å². The lowest BCUT2D eigenvalue weighted by Gasteiger charge is -2.29. The highest BCUT2D eigenvalue weighted by Crippen LogP contribution is 2.24. The quantitative estimate of drug-likeness (QED) is 0.556. The molecule has 0 aromatic heterocycles. The van der Waals surface area contributed by atoms with Crippen LogP contribution in [0.4, 0.5) is 0 Å². The lowest BCUT2D eigenvalue weighted by molar-refractivity contribution is -0.131. The topological polar surface area (TPSA) is 86.6 Å². The van der Waals surface area contributed by atoms with Gasteiger partial charge < -0.3 is 15.5 Å². The van der Waals surface area contributed by atoms with E-state index in [1.807, 2.05) is 13.8 Å². The van der Waals surface area contributed by atoms with Crippen molar-refractivity contribution in [1.29, 1.82) is 0 Å². The highest BCUT2D eigenvalue weighted by atomic mass is 16.4. The standard InChI is InChI=1S/C11H19NO4/c1-3-11(4-2,8-13)7-12-9(14)5-6-10(15)16/h5-6,13H,3-4,7-8H2,1-2H3,(H,12,14)(H,15,16)/b6-5+. The Hall–Kier alpha value is -1.36. The highest BCUT2D eigenvalue weighted by Gasteiger charge is 2.25. The van der Waals surface area contributed by atoms with Crippen molar-refractivity contribution >= 4 is 11.9 Å². The maximum absolute atomic E-state index is 11.2. The van der Waals surface area contributed by atoms with Crippen molar-refractivity contribution in [3.05, 3.63) is 12.2 Å². The number of carboxylic acids is 1. The summed E-state index contributed by atoms with van der Waals surface area (Å²) in [6.45, 7) is 4.24. The molecule has 0 aliphatic carbocycles. The molecule has 0 rings (SSSR count). The van der Waals surface area contributed by atoms with Gasteiger partial charge in [-0.15, -0.1) is 0 Å². The number of carbonyl (C=O) groups excluding carboxylic acids is 1. The molecule has 0 aliphatic heterocycles. The summed E-state index contributed by atoms with van der Waals surface area (Å²) in [4.78, 5) is 21.4. The fraction of sp³-hybridized carbons (Fsp3) is 0.636. The van der Waals surface area contributed by atoms with Gasteiger partial charge in [0.15, 0.2) is 0 Å². The van der Waals surface area contributed by atoms with Gasteiger partial charge in [0, 0.05) is 24.1 Å². The van der Waals surface area contributed by atoms with Crippen LogP contribution in [0, 0.1) is 5.41 Å². The lowest BCUT2D eigenvalue weighted by Crippen LogP contribution is -2.38. The second-order valence-corrected chi connectivity index (χ2v) is 3.75. The molecule has 0 spiro atoms. The molecule has 0 radical (unpaired) electrons. The van der Waals surface area contributed by atoms with E-state index >= 15 is 0 Å². The van der Waals surface area contributed by atoms with E-state index in [4.69, 9.17) is 5.11 Å². The molecule has 1 amide bonds. The van der Waals surface area contributed by atoms with Gasteiger partial charge in [0.2, 0.25) is 5.91 Å².